The summed E-state index contributed by atoms with van der Waals surface area (Å²) in [5.74, 6) is -0.0349. The lowest BCUT2D eigenvalue weighted by atomic mass is 10.2. The Kier molecular flexibility index (Phi) is 2.25. The highest BCUT2D eigenvalue weighted by atomic mass is 35.5. The molecule has 0 unspecified atom stereocenters. The first-order valence-electron chi connectivity index (χ1n) is 4.29. The number of rotatable bonds is 0. The van der Waals surface area contributed by atoms with E-state index in [0.29, 0.717) is 11.4 Å². The number of fused-ring (bicyclic) bond motifs is 1. The minimum Gasteiger partial charge on any atom is -0.324 e. The molecule has 1 N–H and O–H groups in total. The molecule has 1 amide bonds. The van der Waals surface area contributed by atoms with E-state index in [9.17, 15) is 4.79 Å². The van der Waals surface area contributed by atoms with Gasteiger partial charge in [0, 0.05) is 10.7 Å². The molecule has 3 nitrogen and oxygen atoms in total. The van der Waals surface area contributed by atoms with Crippen LogP contribution in [0.25, 0.3) is 0 Å². The van der Waals surface area contributed by atoms with E-state index in [1.165, 1.54) is 0 Å². The quantitative estimate of drug-likeness (QED) is 0.700. The second-order valence-electron chi connectivity index (χ2n) is 3.23. The molecule has 14 heavy (non-hydrogen) atoms. The molecule has 0 radical (unpaired) electrons. The molecule has 0 spiro atoms. The molecule has 1 aliphatic heterocycles. The maximum atomic E-state index is 11.3. The van der Waals surface area contributed by atoms with E-state index < -0.39 is 0 Å². The molecule has 0 saturated carbocycles. The van der Waals surface area contributed by atoms with Gasteiger partial charge in [-0.1, -0.05) is 11.6 Å². The third-order valence-corrected chi connectivity index (χ3v) is 2.20. The molecular formula is C10H9ClN2O. The van der Waals surface area contributed by atoms with Crippen LogP contribution in [0.3, 0.4) is 0 Å². The van der Waals surface area contributed by atoms with Crippen LogP contribution >= 0.6 is 11.6 Å². The van der Waals surface area contributed by atoms with Crippen molar-refractivity contribution in [1.82, 2.24) is 0 Å². The summed E-state index contributed by atoms with van der Waals surface area (Å²) in [6.07, 6.45) is 0.340. The number of nitrogens with zero attached hydrogens (tertiary/aromatic N) is 1. The van der Waals surface area contributed by atoms with E-state index in [1.807, 2.05) is 6.92 Å². The van der Waals surface area contributed by atoms with Gasteiger partial charge in [-0.05, 0) is 25.1 Å². The molecule has 0 aromatic heterocycles. The fraction of sp³-hybridized carbons (Fsp3) is 0.200. The van der Waals surface area contributed by atoms with Crippen molar-refractivity contribution >= 4 is 34.6 Å². The van der Waals surface area contributed by atoms with Crippen LogP contribution in [0.1, 0.15) is 13.3 Å². The predicted octanol–water partition coefficient (Wildman–Crippen LogP) is 2.77. The summed E-state index contributed by atoms with van der Waals surface area (Å²) >= 11 is 5.83. The van der Waals surface area contributed by atoms with Crippen molar-refractivity contribution < 1.29 is 4.79 Å². The van der Waals surface area contributed by atoms with Gasteiger partial charge in [0.15, 0.2) is 0 Å². The van der Waals surface area contributed by atoms with Crippen molar-refractivity contribution in [2.75, 3.05) is 5.32 Å². The number of nitrogens with one attached hydrogen (secondary N) is 1. The molecule has 1 aliphatic rings. The number of hydrogen-bond donors (Lipinski definition) is 1. The van der Waals surface area contributed by atoms with E-state index in [0.717, 1.165) is 17.1 Å². The van der Waals surface area contributed by atoms with E-state index in [-0.39, 0.29) is 5.91 Å². The molecule has 0 atom stereocenters. The number of amides is 1. The number of hydrogen-bond acceptors (Lipinski definition) is 2. The Morgan fingerprint density at radius 1 is 1.50 bits per heavy atom. The van der Waals surface area contributed by atoms with Crippen LogP contribution in [0.5, 0.6) is 0 Å². The summed E-state index contributed by atoms with van der Waals surface area (Å²) < 4.78 is 0. The topological polar surface area (TPSA) is 41.5 Å². The Bertz CT molecular complexity index is 426. The lowest BCUT2D eigenvalue weighted by Gasteiger charge is -2.03. The average molecular weight is 209 g/mol. The van der Waals surface area contributed by atoms with Crippen molar-refractivity contribution in [3.63, 3.8) is 0 Å². The third-order valence-electron chi connectivity index (χ3n) is 1.96. The average Bonchev–Trinajstić information content (AvgIpc) is 2.21. The Balaban J connectivity index is 2.54. The fourth-order valence-electron chi connectivity index (χ4n) is 1.37. The lowest BCUT2D eigenvalue weighted by molar-refractivity contribution is -0.115. The largest absolute Gasteiger partial charge is 0.324 e. The van der Waals surface area contributed by atoms with Crippen LogP contribution in [0.2, 0.25) is 5.02 Å². The number of anilines is 1. The van der Waals surface area contributed by atoms with Crippen molar-refractivity contribution in [1.29, 1.82) is 0 Å². The van der Waals surface area contributed by atoms with Crippen molar-refractivity contribution in [3.05, 3.63) is 23.2 Å². The van der Waals surface area contributed by atoms with Crippen LogP contribution in [0, 0.1) is 0 Å². The molecule has 1 heterocycles. The van der Waals surface area contributed by atoms with Gasteiger partial charge in [0.2, 0.25) is 5.91 Å². The number of aliphatic imine (C=N–C) groups is 1. The van der Waals surface area contributed by atoms with Crippen LogP contribution in [-0.2, 0) is 4.79 Å². The molecule has 1 aromatic rings. The standard InChI is InChI=1S/C10H9ClN2O/c1-6-4-10(14)13-8-3-2-7(11)5-9(8)12-6/h2-3,5H,4H2,1H3,(H,13,14). The highest BCUT2D eigenvalue weighted by Crippen LogP contribution is 2.30. The molecule has 1 aromatic carbocycles. The molecule has 0 fully saturated rings. The summed E-state index contributed by atoms with van der Waals surface area (Å²) in [5.41, 5.74) is 2.24. The van der Waals surface area contributed by atoms with Gasteiger partial charge in [0.1, 0.15) is 0 Å². The minimum atomic E-state index is -0.0349. The number of benzene rings is 1. The Morgan fingerprint density at radius 2 is 2.29 bits per heavy atom. The van der Waals surface area contributed by atoms with Gasteiger partial charge >= 0.3 is 0 Å². The van der Waals surface area contributed by atoms with Gasteiger partial charge in [0.05, 0.1) is 17.8 Å². The van der Waals surface area contributed by atoms with Crippen molar-refractivity contribution in [3.8, 4) is 0 Å². The zero-order chi connectivity index (χ0) is 10.1. The number of carbonyl (C=O) groups excluding carboxylic acids is 1. The molecule has 4 heteroatoms. The smallest absolute Gasteiger partial charge is 0.230 e. The van der Waals surface area contributed by atoms with Gasteiger partial charge in [0.25, 0.3) is 0 Å². The van der Waals surface area contributed by atoms with Crippen LogP contribution in [-0.4, -0.2) is 11.6 Å². The molecule has 0 bridgehead atoms. The minimum absolute atomic E-state index is 0.0349. The molecular weight excluding hydrogens is 200 g/mol. The zero-order valence-corrected chi connectivity index (χ0v) is 8.43. The highest BCUT2D eigenvalue weighted by Gasteiger charge is 2.12. The summed E-state index contributed by atoms with van der Waals surface area (Å²) in [6, 6.07) is 5.24. The molecule has 0 aliphatic carbocycles. The first kappa shape index (κ1) is 9.21. The molecule has 72 valence electrons. The van der Waals surface area contributed by atoms with E-state index in [1.54, 1.807) is 18.2 Å². The molecule has 2 rings (SSSR count). The second-order valence-corrected chi connectivity index (χ2v) is 3.67. The SMILES string of the molecule is CC1=Nc2cc(Cl)ccc2NC(=O)C1. The van der Waals surface area contributed by atoms with Gasteiger partial charge in [-0.3, -0.25) is 9.79 Å². The fourth-order valence-corrected chi connectivity index (χ4v) is 1.54. The Labute approximate surface area is 86.8 Å². The zero-order valence-electron chi connectivity index (χ0n) is 7.67. The van der Waals surface area contributed by atoms with Gasteiger partial charge in [-0.25, -0.2) is 0 Å². The molecule has 0 saturated heterocycles. The first-order chi connectivity index (χ1) is 6.65. The lowest BCUT2D eigenvalue weighted by Crippen LogP contribution is -2.12. The van der Waals surface area contributed by atoms with Gasteiger partial charge in [-0.15, -0.1) is 0 Å². The normalized spacial score (nSPS) is 15.3. The number of halogens is 1. The van der Waals surface area contributed by atoms with E-state index in [4.69, 9.17) is 11.6 Å². The summed E-state index contributed by atoms with van der Waals surface area (Å²) in [7, 11) is 0. The van der Waals surface area contributed by atoms with Crippen molar-refractivity contribution in [2.45, 2.75) is 13.3 Å². The van der Waals surface area contributed by atoms with Gasteiger partial charge < -0.3 is 5.32 Å². The van der Waals surface area contributed by atoms with Crippen molar-refractivity contribution in [2.24, 2.45) is 4.99 Å². The summed E-state index contributed by atoms with van der Waals surface area (Å²) in [6.45, 7) is 1.83. The predicted molar refractivity (Wildman–Crippen MR) is 57.5 cm³/mol. The number of carbonyl (C=O) groups is 1. The van der Waals surface area contributed by atoms with Crippen LogP contribution in [0.4, 0.5) is 11.4 Å². The Hall–Kier alpha value is -1.35. The van der Waals surface area contributed by atoms with E-state index in [2.05, 4.69) is 10.3 Å². The van der Waals surface area contributed by atoms with Crippen LogP contribution < -0.4 is 5.32 Å². The van der Waals surface area contributed by atoms with Crippen LogP contribution in [0.15, 0.2) is 23.2 Å². The van der Waals surface area contributed by atoms with Gasteiger partial charge in [-0.2, -0.15) is 0 Å². The summed E-state index contributed by atoms with van der Waals surface area (Å²) in [4.78, 5) is 15.6. The maximum Gasteiger partial charge on any atom is 0.230 e. The summed E-state index contributed by atoms with van der Waals surface area (Å²) in [5, 5.41) is 3.39. The first-order valence-corrected chi connectivity index (χ1v) is 4.66. The second kappa shape index (κ2) is 3.42. The third kappa shape index (κ3) is 1.77. The monoisotopic (exact) mass is 208 g/mol. The highest BCUT2D eigenvalue weighted by molar-refractivity contribution is 6.31. The maximum absolute atomic E-state index is 11.3. The van der Waals surface area contributed by atoms with E-state index >= 15 is 0 Å². The Morgan fingerprint density at radius 3 is 3.07 bits per heavy atom.